The minimum absolute atomic E-state index is 0.0252. The van der Waals surface area contributed by atoms with Crippen LogP contribution in [0, 0.1) is 0 Å². The first kappa shape index (κ1) is 52.0. The van der Waals surface area contributed by atoms with Gasteiger partial charge in [0, 0.05) is 39.3 Å². The number of alkyl halides is 3. The molecule has 12 nitrogen and oxygen atoms in total. The fourth-order valence-corrected chi connectivity index (χ4v) is 5.39. The molecule has 0 spiro atoms. The van der Waals surface area contributed by atoms with E-state index in [2.05, 4.69) is 10.6 Å². The standard InChI is InChI=1S/C40H76F3N5O7/c1-37(2,3)53-34(50)46-27-19-13-17-23-32-48(36(52)55-39(7,8)9)30-21-15-11-10-14-20-29-47(35(51)54-38(4,5)6)31-22-16-12-18-25-44-26-24-28-45-33(49)40(41,42)43/h44H,10-32H2,1-9H3,(H,45,49)(H,46,50). The van der Waals surface area contributed by atoms with Crippen molar-refractivity contribution < 1.29 is 46.6 Å². The molecule has 4 amide bonds. The lowest BCUT2D eigenvalue weighted by molar-refractivity contribution is -0.173. The van der Waals surface area contributed by atoms with Gasteiger partial charge in [0.05, 0.1) is 0 Å². The summed E-state index contributed by atoms with van der Waals surface area (Å²) in [4.78, 5) is 52.0. The van der Waals surface area contributed by atoms with Crippen molar-refractivity contribution in [2.75, 3.05) is 52.4 Å². The van der Waals surface area contributed by atoms with E-state index in [1.807, 2.05) is 72.5 Å². The molecule has 0 rings (SSSR count). The molecular weight excluding hydrogens is 719 g/mol. The van der Waals surface area contributed by atoms with Gasteiger partial charge in [0.1, 0.15) is 16.8 Å². The predicted molar refractivity (Wildman–Crippen MR) is 211 cm³/mol. The Morgan fingerprint density at radius 2 is 0.764 bits per heavy atom. The maximum atomic E-state index is 12.9. The van der Waals surface area contributed by atoms with E-state index >= 15 is 0 Å². The van der Waals surface area contributed by atoms with Crippen LogP contribution in [-0.2, 0) is 19.0 Å². The molecule has 0 unspecified atom stereocenters. The Morgan fingerprint density at radius 1 is 0.436 bits per heavy atom. The first-order chi connectivity index (χ1) is 25.5. The quantitative estimate of drug-likeness (QED) is 0.0553. The summed E-state index contributed by atoms with van der Waals surface area (Å²) in [6, 6.07) is 0. The zero-order valence-electron chi connectivity index (χ0n) is 35.6. The van der Waals surface area contributed by atoms with Gasteiger partial charge in [-0.25, -0.2) is 14.4 Å². The molecule has 324 valence electrons. The normalized spacial score (nSPS) is 12.2. The van der Waals surface area contributed by atoms with Crippen LogP contribution in [0.5, 0.6) is 0 Å². The van der Waals surface area contributed by atoms with E-state index < -0.39 is 35.0 Å². The Labute approximate surface area is 330 Å². The van der Waals surface area contributed by atoms with Crippen LogP contribution in [0.2, 0.25) is 0 Å². The third-order valence-electron chi connectivity index (χ3n) is 8.04. The van der Waals surface area contributed by atoms with Crippen molar-refractivity contribution in [3.05, 3.63) is 0 Å². The van der Waals surface area contributed by atoms with Crippen LogP contribution in [-0.4, -0.2) is 109 Å². The lowest BCUT2D eigenvalue weighted by Crippen LogP contribution is -2.38. The molecule has 0 aromatic carbocycles. The van der Waals surface area contributed by atoms with Gasteiger partial charge in [-0.05, 0) is 120 Å². The Morgan fingerprint density at radius 3 is 1.15 bits per heavy atom. The number of alkyl carbamates (subject to hydrolysis) is 1. The summed E-state index contributed by atoms with van der Waals surface area (Å²) in [7, 11) is 0. The molecule has 0 aromatic heterocycles. The summed E-state index contributed by atoms with van der Waals surface area (Å²) in [5, 5.41) is 7.83. The molecular formula is C40H76F3N5O7. The molecule has 0 aromatic rings. The van der Waals surface area contributed by atoms with E-state index in [-0.39, 0.29) is 18.7 Å². The summed E-state index contributed by atoms with van der Waals surface area (Å²) in [6.07, 6.45) is 7.65. The number of ether oxygens (including phenoxy) is 3. The van der Waals surface area contributed by atoms with Gasteiger partial charge in [-0.3, -0.25) is 4.79 Å². The second kappa shape index (κ2) is 27.6. The lowest BCUT2D eigenvalue weighted by atomic mass is 10.1. The molecule has 0 saturated carbocycles. The van der Waals surface area contributed by atoms with Crippen molar-refractivity contribution in [3.63, 3.8) is 0 Å². The van der Waals surface area contributed by atoms with Crippen LogP contribution in [0.15, 0.2) is 0 Å². The monoisotopic (exact) mass is 796 g/mol. The van der Waals surface area contributed by atoms with E-state index in [1.165, 1.54) is 0 Å². The third-order valence-corrected chi connectivity index (χ3v) is 8.04. The first-order valence-corrected chi connectivity index (χ1v) is 20.5. The van der Waals surface area contributed by atoms with E-state index in [1.54, 1.807) is 4.90 Å². The zero-order valence-corrected chi connectivity index (χ0v) is 35.6. The van der Waals surface area contributed by atoms with E-state index in [9.17, 15) is 32.3 Å². The van der Waals surface area contributed by atoms with Crippen molar-refractivity contribution in [2.24, 2.45) is 0 Å². The molecule has 0 aliphatic heterocycles. The average molecular weight is 796 g/mol. The van der Waals surface area contributed by atoms with Crippen molar-refractivity contribution in [3.8, 4) is 0 Å². The number of carbonyl (C=O) groups is 4. The molecule has 0 radical (unpaired) electrons. The number of rotatable bonds is 27. The number of amides is 4. The average Bonchev–Trinajstić information content (AvgIpc) is 3.02. The molecule has 15 heteroatoms. The van der Waals surface area contributed by atoms with Gasteiger partial charge in [0.2, 0.25) is 0 Å². The molecule has 0 aliphatic rings. The first-order valence-electron chi connectivity index (χ1n) is 20.5. The minimum atomic E-state index is -4.85. The van der Waals surface area contributed by atoms with Crippen LogP contribution >= 0.6 is 0 Å². The van der Waals surface area contributed by atoms with Crippen LogP contribution in [0.3, 0.4) is 0 Å². The van der Waals surface area contributed by atoms with Gasteiger partial charge < -0.3 is 40.0 Å². The van der Waals surface area contributed by atoms with Crippen molar-refractivity contribution >= 4 is 24.2 Å². The number of carbonyl (C=O) groups excluding carboxylic acids is 4. The molecule has 0 bridgehead atoms. The number of halogens is 3. The van der Waals surface area contributed by atoms with Crippen LogP contribution in [0.25, 0.3) is 0 Å². The molecule has 3 N–H and O–H groups in total. The summed E-state index contributed by atoms with van der Waals surface area (Å²) >= 11 is 0. The van der Waals surface area contributed by atoms with E-state index in [0.29, 0.717) is 45.7 Å². The second-order valence-electron chi connectivity index (χ2n) is 17.2. The maximum Gasteiger partial charge on any atom is 0.471 e. The Bertz CT molecular complexity index is 1070. The SMILES string of the molecule is CC(C)(C)OC(=O)NCCCCCCN(CCCCCCCCN(CCCCCCNCCCNC(=O)C(F)(F)F)C(=O)OC(C)(C)C)C(=O)OC(C)(C)C. The minimum Gasteiger partial charge on any atom is -0.444 e. The van der Waals surface area contributed by atoms with Crippen LogP contribution < -0.4 is 16.0 Å². The van der Waals surface area contributed by atoms with Gasteiger partial charge in [-0.1, -0.05) is 51.4 Å². The van der Waals surface area contributed by atoms with Gasteiger partial charge in [0.15, 0.2) is 0 Å². The topological polar surface area (TPSA) is 139 Å². The Hall–Kier alpha value is -2.97. The lowest BCUT2D eigenvalue weighted by Gasteiger charge is -2.28. The third kappa shape index (κ3) is 32.9. The molecule has 0 fully saturated rings. The van der Waals surface area contributed by atoms with Crippen molar-refractivity contribution in [1.29, 1.82) is 0 Å². The highest BCUT2D eigenvalue weighted by atomic mass is 19.4. The molecule has 0 atom stereocenters. The fourth-order valence-electron chi connectivity index (χ4n) is 5.39. The zero-order chi connectivity index (χ0) is 42.0. The Kier molecular flexibility index (Phi) is 26.1. The van der Waals surface area contributed by atoms with Gasteiger partial charge in [-0.2, -0.15) is 13.2 Å². The molecule has 0 heterocycles. The van der Waals surface area contributed by atoms with E-state index in [0.717, 1.165) is 96.4 Å². The largest absolute Gasteiger partial charge is 0.471 e. The van der Waals surface area contributed by atoms with Gasteiger partial charge in [-0.15, -0.1) is 0 Å². The summed E-state index contributed by atoms with van der Waals surface area (Å²) in [5.41, 5.74) is -1.66. The van der Waals surface area contributed by atoms with E-state index in [4.69, 9.17) is 14.2 Å². The molecule has 0 aliphatic carbocycles. The number of hydrogen-bond donors (Lipinski definition) is 3. The second-order valence-corrected chi connectivity index (χ2v) is 17.2. The van der Waals surface area contributed by atoms with Gasteiger partial charge in [0.25, 0.3) is 0 Å². The Balaban J connectivity index is 4.43. The summed E-state index contributed by atoms with van der Waals surface area (Å²) < 4.78 is 53.2. The number of hydrogen-bond acceptors (Lipinski definition) is 8. The van der Waals surface area contributed by atoms with Crippen LogP contribution in [0.4, 0.5) is 27.6 Å². The summed E-state index contributed by atoms with van der Waals surface area (Å²) in [6.45, 7) is 21.0. The maximum absolute atomic E-state index is 12.9. The smallest absolute Gasteiger partial charge is 0.444 e. The number of nitrogens with zero attached hydrogens (tertiary/aromatic N) is 2. The number of nitrogens with one attached hydrogen (secondary N) is 3. The van der Waals surface area contributed by atoms with Gasteiger partial charge >= 0.3 is 30.4 Å². The highest BCUT2D eigenvalue weighted by molar-refractivity contribution is 5.81. The molecule has 0 saturated heterocycles. The molecule has 55 heavy (non-hydrogen) atoms. The van der Waals surface area contributed by atoms with Crippen molar-refractivity contribution in [1.82, 2.24) is 25.8 Å². The van der Waals surface area contributed by atoms with Crippen molar-refractivity contribution in [2.45, 2.75) is 182 Å². The summed E-state index contributed by atoms with van der Waals surface area (Å²) in [5.74, 6) is -1.91. The predicted octanol–water partition coefficient (Wildman–Crippen LogP) is 9.10. The highest BCUT2D eigenvalue weighted by Gasteiger charge is 2.38. The number of unbranched alkanes of at least 4 members (excludes halogenated alkanes) is 11. The highest BCUT2D eigenvalue weighted by Crippen LogP contribution is 2.16. The fraction of sp³-hybridized carbons (Fsp3) is 0.900. The van der Waals surface area contributed by atoms with Crippen LogP contribution in [0.1, 0.15) is 159 Å².